The molecule has 0 saturated carbocycles. The van der Waals surface area contributed by atoms with Gasteiger partial charge in [0.1, 0.15) is 17.9 Å². The Balaban J connectivity index is 2.62. The fourth-order valence-corrected chi connectivity index (χ4v) is 2.38. The number of rotatable bonds is 5. The average molecular weight is 285 g/mol. The fraction of sp³-hybridized carbons (Fsp3) is 0.412. The molecule has 0 fully saturated rings. The number of para-hydroxylation sites is 1. The molecule has 0 aliphatic carbocycles. The number of benzene rings is 1. The van der Waals surface area contributed by atoms with Crippen molar-refractivity contribution in [3.05, 3.63) is 36.2 Å². The van der Waals surface area contributed by atoms with Crippen LogP contribution in [0.5, 0.6) is 5.75 Å². The van der Waals surface area contributed by atoms with Gasteiger partial charge in [0.15, 0.2) is 0 Å². The molecular weight excluding hydrogens is 262 g/mol. The molecule has 2 rings (SSSR count). The van der Waals surface area contributed by atoms with Crippen LogP contribution < -0.4 is 10.1 Å². The summed E-state index contributed by atoms with van der Waals surface area (Å²) in [6.45, 7) is 8.35. The molecule has 1 aromatic carbocycles. The van der Waals surface area contributed by atoms with Crippen molar-refractivity contribution in [3.63, 3.8) is 0 Å². The lowest BCUT2D eigenvalue weighted by Crippen LogP contribution is -2.08. The quantitative estimate of drug-likeness (QED) is 0.898. The van der Waals surface area contributed by atoms with E-state index in [-0.39, 0.29) is 6.10 Å². The molecule has 1 heterocycles. The van der Waals surface area contributed by atoms with Crippen LogP contribution >= 0.6 is 0 Å². The van der Waals surface area contributed by atoms with E-state index >= 15 is 0 Å². The fourth-order valence-electron chi connectivity index (χ4n) is 2.38. The number of nitrogens with one attached hydrogen (secondary N) is 1. The van der Waals surface area contributed by atoms with Crippen molar-refractivity contribution in [1.29, 1.82) is 0 Å². The van der Waals surface area contributed by atoms with Gasteiger partial charge in [0.25, 0.3) is 0 Å². The van der Waals surface area contributed by atoms with Gasteiger partial charge in [0.2, 0.25) is 0 Å². The minimum Gasteiger partial charge on any atom is -0.490 e. The maximum Gasteiger partial charge on any atom is 0.133 e. The van der Waals surface area contributed by atoms with Gasteiger partial charge in [0.05, 0.1) is 11.8 Å². The van der Waals surface area contributed by atoms with Gasteiger partial charge in [-0.2, -0.15) is 0 Å². The second-order valence-corrected chi connectivity index (χ2v) is 5.55. The molecule has 0 atom stereocenters. The number of aromatic nitrogens is 2. The highest BCUT2D eigenvalue weighted by molar-refractivity contribution is 5.74. The van der Waals surface area contributed by atoms with Gasteiger partial charge < -0.3 is 10.1 Å². The molecule has 0 aliphatic rings. The third kappa shape index (κ3) is 3.32. The zero-order valence-corrected chi connectivity index (χ0v) is 13.3. The zero-order valence-electron chi connectivity index (χ0n) is 13.3. The van der Waals surface area contributed by atoms with Gasteiger partial charge in [-0.05, 0) is 31.9 Å². The van der Waals surface area contributed by atoms with E-state index in [2.05, 4.69) is 29.1 Å². The number of hydrogen-bond acceptors (Lipinski definition) is 4. The summed E-state index contributed by atoms with van der Waals surface area (Å²) in [5.41, 5.74) is 3.05. The molecule has 0 unspecified atom stereocenters. The molecule has 0 spiro atoms. The third-order valence-corrected chi connectivity index (χ3v) is 3.20. The van der Waals surface area contributed by atoms with Crippen LogP contribution in [0.1, 0.15) is 39.2 Å². The van der Waals surface area contributed by atoms with Crippen LogP contribution in [-0.2, 0) is 0 Å². The Morgan fingerprint density at radius 1 is 1.05 bits per heavy atom. The summed E-state index contributed by atoms with van der Waals surface area (Å²) in [6.07, 6.45) is 1.72. The van der Waals surface area contributed by atoms with Crippen molar-refractivity contribution in [2.45, 2.75) is 39.7 Å². The van der Waals surface area contributed by atoms with E-state index in [0.717, 1.165) is 28.4 Å². The van der Waals surface area contributed by atoms with Crippen molar-refractivity contribution < 1.29 is 4.74 Å². The van der Waals surface area contributed by atoms with E-state index in [1.807, 2.05) is 45.2 Å². The number of anilines is 1. The lowest BCUT2D eigenvalue weighted by atomic mass is 9.97. The minimum absolute atomic E-state index is 0.124. The summed E-state index contributed by atoms with van der Waals surface area (Å²) in [5, 5.41) is 3.16. The smallest absolute Gasteiger partial charge is 0.133 e. The van der Waals surface area contributed by atoms with Crippen molar-refractivity contribution in [2.24, 2.45) is 0 Å². The topological polar surface area (TPSA) is 47.0 Å². The predicted molar refractivity (Wildman–Crippen MR) is 86.9 cm³/mol. The summed E-state index contributed by atoms with van der Waals surface area (Å²) >= 11 is 0. The highest BCUT2D eigenvalue weighted by Gasteiger charge is 2.18. The Morgan fingerprint density at radius 2 is 1.76 bits per heavy atom. The van der Waals surface area contributed by atoms with E-state index in [9.17, 15) is 0 Å². The van der Waals surface area contributed by atoms with E-state index < -0.39 is 0 Å². The average Bonchev–Trinajstić information content (AvgIpc) is 2.46. The molecule has 2 aromatic rings. The van der Waals surface area contributed by atoms with E-state index in [4.69, 9.17) is 4.74 Å². The van der Waals surface area contributed by atoms with Crippen molar-refractivity contribution in [2.75, 3.05) is 12.4 Å². The summed E-state index contributed by atoms with van der Waals surface area (Å²) in [4.78, 5) is 8.85. The molecule has 0 aliphatic heterocycles. The minimum atomic E-state index is 0.124. The van der Waals surface area contributed by atoms with E-state index in [0.29, 0.717) is 5.92 Å². The SMILES string of the molecule is CNc1ncnc(-c2ccccc2OC(C)C)c1C(C)C. The van der Waals surface area contributed by atoms with Gasteiger partial charge in [-0.25, -0.2) is 9.97 Å². The third-order valence-electron chi connectivity index (χ3n) is 3.20. The first kappa shape index (κ1) is 15.3. The van der Waals surface area contributed by atoms with Gasteiger partial charge >= 0.3 is 0 Å². The molecule has 0 bridgehead atoms. The zero-order chi connectivity index (χ0) is 15.4. The standard InChI is InChI=1S/C17H23N3O/c1-11(2)15-16(19-10-20-17(15)18-5)13-8-6-7-9-14(13)21-12(3)4/h6-12H,1-5H3,(H,18,19,20). The molecule has 0 amide bonds. The van der Waals surface area contributed by atoms with Crippen molar-refractivity contribution in [1.82, 2.24) is 9.97 Å². The van der Waals surface area contributed by atoms with Crippen LogP contribution in [0, 0.1) is 0 Å². The maximum atomic E-state index is 5.93. The molecule has 0 radical (unpaired) electrons. The largest absolute Gasteiger partial charge is 0.490 e. The first-order valence-corrected chi connectivity index (χ1v) is 7.33. The Morgan fingerprint density at radius 3 is 2.38 bits per heavy atom. The Labute approximate surface area is 126 Å². The Hall–Kier alpha value is -2.10. The van der Waals surface area contributed by atoms with Crippen LogP contribution in [0.4, 0.5) is 5.82 Å². The lowest BCUT2D eigenvalue weighted by Gasteiger charge is -2.19. The highest BCUT2D eigenvalue weighted by Crippen LogP contribution is 2.36. The Bertz CT molecular complexity index is 609. The first-order chi connectivity index (χ1) is 10.0. The van der Waals surface area contributed by atoms with Gasteiger partial charge in [-0.1, -0.05) is 26.0 Å². The highest BCUT2D eigenvalue weighted by atomic mass is 16.5. The van der Waals surface area contributed by atoms with Crippen LogP contribution in [0.3, 0.4) is 0 Å². The lowest BCUT2D eigenvalue weighted by molar-refractivity contribution is 0.243. The maximum absolute atomic E-state index is 5.93. The molecule has 4 nitrogen and oxygen atoms in total. The van der Waals surface area contributed by atoms with Gasteiger partial charge in [-0.15, -0.1) is 0 Å². The van der Waals surface area contributed by atoms with Crippen LogP contribution in [-0.4, -0.2) is 23.1 Å². The first-order valence-electron chi connectivity index (χ1n) is 7.33. The molecule has 1 N–H and O–H groups in total. The summed E-state index contributed by atoms with van der Waals surface area (Å²) in [6, 6.07) is 8.02. The molecule has 1 aromatic heterocycles. The molecule has 112 valence electrons. The normalized spacial score (nSPS) is 11.0. The molecule has 0 saturated heterocycles. The summed E-state index contributed by atoms with van der Waals surface area (Å²) < 4.78 is 5.93. The van der Waals surface area contributed by atoms with Crippen LogP contribution in [0.15, 0.2) is 30.6 Å². The van der Waals surface area contributed by atoms with E-state index in [1.165, 1.54) is 0 Å². The monoisotopic (exact) mass is 285 g/mol. The Kier molecular flexibility index (Phi) is 4.78. The summed E-state index contributed by atoms with van der Waals surface area (Å²) in [5.74, 6) is 2.04. The van der Waals surface area contributed by atoms with Crippen molar-refractivity contribution >= 4 is 5.82 Å². The second kappa shape index (κ2) is 6.57. The molecule has 21 heavy (non-hydrogen) atoms. The second-order valence-electron chi connectivity index (χ2n) is 5.55. The van der Waals surface area contributed by atoms with Crippen LogP contribution in [0.2, 0.25) is 0 Å². The van der Waals surface area contributed by atoms with Gasteiger partial charge in [0, 0.05) is 18.2 Å². The number of nitrogens with zero attached hydrogens (tertiary/aromatic N) is 2. The summed E-state index contributed by atoms with van der Waals surface area (Å²) in [7, 11) is 1.88. The predicted octanol–water partition coefficient (Wildman–Crippen LogP) is 4.10. The van der Waals surface area contributed by atoms with Crippen LogP contribution in [0.25, 0.3) is 11.3 Å². The molecular formula is C17H23N3O. The number of hydrogen-bond donors (Lipinski definition) is 1. The number of ether oxygens (including phenoxy) is 1. The van der Waals surface area contributed by atoms with Crippen molar-refractivity contribution in [3.8, 4) is 17.0 Å². The van der Waals surface area contributed by atoms with Gasteiger partial charge in [-0.3, -0.25) is 0 Å². The molecule has 4 heteroatoms. The van der Waals surface area contributed by atoms with E-state index in [1.54, 1.807) is 6.33 Å².